The lowest BCUT2D eigenvalue weighted by molar-refractivity contribution is 0.0706. The lowest BCUT2D eigenvalue weighted by Crippen LogP contribution is -2.54. The van der Waals surface area contributed by atoms with E-state index < -0.39 is 11.5 Å². The highest BCUT2D eigenvalue weighted by atomic mass is 16.6. The normalized spacial score (nSPS) is 15.4. The van der Waals surface area contributed by atoms with Crippen molar-refractivity contribution in [3.63, 3.8) is 0 Å². The van der Waals surface area contributed by atoms with Crippen molar-refractivity contribution in [1.29, 1.82) is 0 Å². The van der Waals surface area contributed by atoms with Gasteiger partial charge in [0, 0.05) is 44.0 Å². The van der Waals surface area contributed by atoms with Crippen molar-refractivity contribution in [3.05, 3.63) is 102 Å². The third-order valence-corrected chi connectivity index (χ3v) is 7.12. The molecular weight excluding hydrogens is 468 g/mol. The fraction of sp³-hybridized carbons (Fsp3) is 0.345. The Labute approximate surface area is 217 Å². The summed E-state index contributed by atoms with van der Waals surface area (Å²) in [5, 5.41) is 2.95. The number of pyridine rings is 1. The van der Waals surface area contributed by atoms with Gasteiger partial charge in [-0.2, -0.15) is 0 Å². The van der Waals surface area contributed by atoms with Gasteiger partial charge < -0.3 is 25.4 Å². The van der Waals surface area contributed by atoms with Gasteiger partial charge in [-0.05, 0) is 47.6 Å². The van der Waals surface area contributed by atoms with Crippen LogP contribution in [0.4, 0.5) is 9.59 Å². The van der Waals surface area contributed by atoms with Crippen LogP contribution in [0, 0.1) is 5.92 Å². The molecule has 8 heteroatoms. The molecule has 37 heavy (non-hydrogen) atoms. The summed E-state index contributed by atoms with van der Waals surface area (Å²) in [4.78, 5) is 31.1. The number of piperidine rings is 1. The summed E-state index contributed by atoms with van der Waals surface area (Å²) in [7, 11) is 0. The van der Waals surface area contributed by atoms with Crippen molar-refractivity contribution in [2.45, 2.75) is 31.5 Å². The van der Waals surface area contributed by atoms with Crippen LogP contribution in [-0.4, -0.2) is 48.2 Å². The molecule has 3 aromatic rings. The number of rotatable bonds is 9. The molecule has 1 aromatic heterocycles. The summed E-state index contributed by atoms with van der Waals surface area (Å²) < 4.78 is 11.0. The standard InChI is InChI=1S/C29H34N4O4/c30-21-29(25-11-15-31-16-12-25,22-32-27(34)36-19-23-7-3-1-4-8-23)26-13-17-33(18-14-26)28(35)37-20-24-9-5-2-6-10-24/h1-12,15-16,26H,13-14,17-22,30H2,(H,32,34). The number of likely N-dealkylation sites (tertiary alicyclic amines) is 1. The summed E-state index contributed by atoms with van der Waals surface area (Å²) in [6.07, 6.45) is 4.15. The molecule has 8 nitrogen and oxygen atoms in total. The van der Waals surface area contributed by atoms with Crippen LogP contribution in [0.2, 0.25) is 0 Å². The Morgan fingerprint density at radius 2 is 1.46 bits per heavy atom. The zero-order valence-corrected chi connectivity index (χ0v) is 20.9. The Balaban J connectivity index is 1.37. The second-order valence-corrected chi connectivity index (χ2v) is 9.31. The second-order valence-electron chi connectivity index (χ2n) is 9.31. The largest absolute Gasteiger partial charge is 0.445 e. The SMILES string of the molecule is NCC(CNC(=O)OCc1ccccc1)(c1ccncc1)C1CCN(C(=O)OCc2ccccc2)CC1. The zero-order chi connectivity index (χ0) is 25.9. The maximum absolute atomic E-state index is 12.7. The average Bonchev–Trinajstić information content (AvgIpc) is 2.97. The number of amides is 2. The van der Waals surface area contributed by atoms with Gasteiger partial charge in [-0.25, -0.2) is 9.59 Å². The predicted molar refractivity (Wildman–Crippen MR) is 141 cm³/mol. The maximum atomic E-state index is 12.7. The predicted octanol–water partition coefficient (Wildman–Crippen LogP) is 4.25. The molecule has 1 atom stereocenters. The number of hydrogen-bond acceptors (Lipinski definition) is 6. The molecule has 2 amide bonds. The first-order valence-electron chi connectivity index (χ1n) is 12.6. The van der Waals surface area contributed by atoms with Gasteiger partial charge in [-0.3, -0.25) is 4.98 Å². The van der Waals surface area contributed by atoms with Crippen LogP contribution in [0.5, 0.6) is 0 Å². The van der Waals surface area contributed by atoms with Gasteiger partial charge in [0.2, 0.25) is 0 Å². The third kappa shape index (κ3) is 6.86. The Bertz CT molecular complexity index is 1120. The zero-order valence-electron chi connectivity index (χ0n) is 20.9. The summed E-state index contributed by atoms with van der Waals surface area (Å²) in [6, 6.07) is 23.1. The number of ether oxygens (including phenoxy) is 2. The number of nitrogens with two attached hydrogens (primary N) is 1. The summed E-state index contributed by atoms with van der Waals surface area (Å²) in [5.41, 5.74) is 8.78. The number of carbonyl (C=O) groups is 2. The van der Waals surface area contributed by atoms with Crippen LogP contribution in [-0.2, 0) is 28.1 Å². The van der Waals surface area contributed by atoms with Crippen molar-refractivity contribution >= 4 is 12.2 Å². The summed E-state index contributed by atoms with van der Waals surface area (Å²) in [6.45, 7) is 2.22. The highest BCUT2D eigenvalue weighted by Gasteiger charge is 2.42. The van der Waals surface area contributed by atoms with Crippen molar-refractivity contribution in [3.8, 4) is 0 Å². The van der Waals surface area contributed by atoms with Crippen LogP contribution in [0.1, 0.15) is 29.5 Å². The molecule has 1 fully saturated rings. The van der Waals surface area contributed by atoms with E-state index >= 15 is 0 Å². The van der Waals surface area contributed by atoms with Gasteiger partial charge in [0.1, 0.15) is 13.2 Å². The molecule has 2 aromatic carbocycles. The molecule has 2 heterocycles. The van der Waals surface area contributed by atoms with Gasteiger partial charge in [-0.15, -0.1) is 0 Å². The van der Waals surface area contributed by atoms with Crippen LogP contribution in [0.15, 0.2) is 85.2 Å². The van der Waals surface area contributed by atoms with Crippen LogP contribution < -0.4 is 11.1 Å². The number of carbonyl (C=O) groups excluding carboxylic acids is 2. The van der Waals surface area contributed by atoms with Crippen LogP contribution in [0.25, 0.3) is 0 Å². The van der Waals surface area contributed by atoms with Gasteiger partial charge in [0.15, 0.2) is 0 Å². The quantitative estimate of drug-likeness (QED) is 0.453. The van der Waals surface area contributed by atoms with Gasteiger partial charge in [0.05, 0.1) is 0 Å². The van der Waals surface area contributed by atoms with Crippen molar-refractivity contribution < 1.29 is 19.1 Å². The number of aromatic nitrogens is 1. The van der Waals surface area contributed by atoms with E-state index in [2.05, 4.69) is 10.3 Å². The topological polar surface area (TPSA) is 107 Å². The van der Waals surface area contributed by atoms with E-state index in [9.17, 15) is 9.59 Å². The molecule has 0 spiro atoms. The van der Waals surface area contributed by atoms with E-state index in [1.165, 1.54) is 0 Å². The molecule has 1 saturated heterocycles. The number of benzene rings is 2. The monoisotopic (exact) mass is 502 g/mol. The van der Waals surface area contributed by atoms with E-state index in [-0.39, 0.29) is 25.2 Å². The smallest absolute Gasteiger partial charge is 0.410 e. The average molecular weight is 503 g/mol. The van der Waals surface area contributed by atoms with E-state index in [1.807, 2.05) is 72.8 Å². The Kier molecular flexibility index (Phi) is 9.10. The van der Waals surface area contributed by atoms with Gasteiger partial charge in [0.25, 0.3) is 0 Å². The van der Waals surface area contributed by atoms with Crippen molar-refractivity contribution in [2.75, 3.05) is 26.2 Å². The van der Waals surface area contributed by atoms with Crippen LogP contribution >= 0.6 is 0 Å². The molecule has 0 radical (unpaired) electrons. The van der Waals surface area contributed by atoms with Gasteiger partial charge >= 0.3 is 12.2 Å². The molecule has 1 unspecified atom stereocenters. The minimum Gasteiger partial charge on any atom is -0.445 e. The summed E-state index contributed by atoms with van der Waals surface area (Å²) >= 11 is 0. The minimum absolute atomic E-state index is 0.146. The Morgan fingerprint density at radius 3 is 2.03 bits per heavy atom. The molecule has 1 aliphatic heterocycles. The lowest BCUT2D eigenvalue weighted by Gasteiger charge is -2.44. The lowest BCUT2D eigenvalue weighted by atomic mass is 9.66. The Hall–Kier alpha value is -3.91. The van der Waals surface area contributed by atoms with E-state index in [0.29, 0.717) is 26.2 Å². The first-order chi connectivity index (χ1) is 18.1. The number of nitrogens with zero attached hydrogens (tertiary/aromatic N) is 2. The number of nitrogens with one attached hydrogen (secondary N) is 1. The summed E-state index contributed by atoms with van der Waals surface area (Å²) in [5.74, 6) is 0.146. The van der Waals surface area contributed by atoms with Crippen molar-refractivity contribution in [1.82, 2.24) is 15.2 Å². The van der Waals surface area contributed by atoms with E-state index in [1.54, 1.807) is 17.3 Å². The van der Waals surface area contributed by atoms with E-state index in [4.69, 9.17) is 15.2 Å². The van der Waals surface area contributed by atoms with E-state index in [0.717, 1.165) is 29.5 Å². The first-order valence-corrected chi connectivity index (χ1v) is 12.6. The number of alkyl carbamates (subject to hydrolysis) is 1. The minimum atomic E-state index is -0.519. The molecule has 4 rings (SSSR count). The van der Waals surface area contributed by atoms with Crippen LogP contribution in [0.3, 0.4) is 0 Å². The highest BCUT2D eigenvalue weighted by Crippen LogP contribution is 2.38. The first kappa shape index (κ1) is 26.2. The second kappa shape index (κ2) is 12.9. The Morgan fingerprint density at radius 1 is 0.892 bits per heavy atom. The fourth-order valence-electron chi connectivity index (χ4n) is 4.95. The number of hydrogen-bond donors (Lipinski definition) is 2. The molecule has 3 N–H and O–H groups in total. The van der Waals surface area contributed by atoms with Gasteiger partial charge in [-0.1, -0.05) is 60.7 Å². The molecule has 0 aliphatic carbocycles. The fourth-order valence-corrected chi connectivity index (χ4v) is 4.95. The van der Waals surface area contributed by atoms with Crippen molar-refractivity contribution in [2.24, 2.45) is 11.7 Å². The molecule has 0 bridgehead atoms. The molecule has 1 aliphatic rings. The highest BCUT2D eigenvalue weighted by molar-refractivity contribution is 5.68. The molecule has 194 valence electrons. The maximum Gasteiger partial charge on any atom is 0.410 e. The third-order valence-electron chi connectivity index (χ3n) is 7.12. The molecule has 0 saturated carbocycles. The molecular formula is C29H34N4O4.